The summed E-state index contributed by atoms with van der Waals surface area (Å²) < 4.78 is 1.94. The third kappa shape index (κ3) is 2.59. The number of nitrogens with two attached hydrogens (primary N) is 2. The van der Waals surface area contributed by atoms with E-state index >= 15 is 0 Å². The molecule has 0 saturated heterocycles. The smallest absolute Gasteiger partial charge is 0.248 e. The average Bonchev–Trinajstić information content (AvgIpc) is 2.89. The van der Waals surface area contributed by atoms with Crippen LogP contribution in [0.5, 0.6) is 0 Å². The molecule has 0 spiro atoms. The number of benzene rings is 2. The molecule has 1 amide bonds. The van der Waals surface area contributed by atoms with Gasteiger partial charge in [-0.25, -0.2) is 0 Å². The van der Waals surface area contributed by atoms with Crippen LogP contribution in [0.2, 0.25) is 0 Å². The number of hydrogen-bond acceptors (Lipinski definition) is 2. The van der Waals surface area contributed by atoms with E-state index in [9.17, 15) is 4.79 Å². The van der Waals surface area contributed by atoms with Crippen molar-refractivity contribution in [2.24, 2.45) is 5.73 Å². The van der Waals surface area contributed by atoms with Gasteiger partial charge in [0.25, 0.3) is 0 Å². The zero-order chi connectivity index (χ0) is 15.7. The summed E-state index contributed by atoms with van der Waals surface area (Å²) in [5, 5.41) is 0. The summed E-state index contributed by atoms with van der Waals surface area (Å²) >= 11 is 0. The third-order valence-electron chi connectivity index (χ3n) is 3.64. The van der Waals surface area contributed by atoms with Crippen LogP contribution in [-0.2, 0) is 0 Å². The Morgan fingerprint density at radius 3 is 2.41 bits per heavy atom. The summed E-state index contributed by atoms with van der Waals surface area (Å²) in [7, 11) is 0. The number of primary amides is 1. The SMILES string of the molecule is Cc1cccc(-c2cn(-c3ccc(C(N)=O)cc3)cc2N)c1. The highest BCUT2D eigenvalue weighted by molar-refractivity contribution is 5.92. The summed E-state index contributed by atoms with van der Waals surface area (Å²) in [4.78, 5) is 11.1. The molecule has 3 rings (SSSR count). The van der Waals surface area contributed by atoms with Crippen LogP contribution in [0.1, 0.15) is 15.9 Å². The molecule has 0 bridgehead atoms. The number of carbonyl (C=O) groups is 1. The van der Waals surface area contributed by atoms with Gasteiger partial charge < -0.3 is 16.0 Å². The highest BCUT2D eigenvalue weighted by Gasteiger charge is 2.08. The number of amides is 1. The molecule has 0 aliphatic rings. The van der Waals surface area contributed by atoms with Crippen LogP contribution in [0, 0.1) is 6.92 Å². The molecule has 1 heterocycles. The van der Waals surface area contributed by atoms with Gasteiger partial charge >= 0.3 is 0 Å². The Morgan fingerprint density at radius 1 is 1.05 bits per heavy atom. The van der Waals surface area contributed by atoms with Crippen molar-refractivity contribution in [2.45, 2.75) is 6.92 Å². The molecule has 3 aromatic rings. The lowest BCUT2D eigenvalue weighted by molar-refractivity contribution is 0.100. The van der Waals surface area contributed by atoms with Crippen molar-refractivity contribution in [3.63, 3.8) is 0 Å². The molecular formula is C18H17N3O. The maximum atomic E-state index is 11.1. The number of carbonyl (C=O) groups excluding carboxylic acids is 1. The Balaban J connectivity index is 2.00. The lowest BCUT2D eigenvalue weighted by atomic mass is 10.1. The standard InChI is InChI=1S/C18H17N3O/c1-12-3-2-4-14(9-12)16-10-21(11-17(16)19)15-7-5-13(6-8-15)18(20)22/h2-11H,19H2,1H3,(H2,20,22). The lowest BCUT2D eigenvalue weighted by Crippen LogP contribution is -2.10. The van der Waals surface area contributed by atoms with Gasteiger partial charge in [0.05, 0.1) is 5.69 Å². The molecular weight excluding hydrogens is 274 g/mol. The van der Waals surface area contributed by atoms with Crippen molar-refractivity contribution in [3.8, 4) is 16.8 Å². The quantitative estimate of drug-likeness (QED) is 0.778. The molecule has 0 fully saturated rings. The monoisotopic (exact) mass is 291 g/mol. The molecule has 2 aromatic carbocycles. The molecule has 22 heavy (non-hydrogen) atoms. The van der Waals surface area contributed by atoms with E-state index in [1.165, 1.54) is 5.56 Å². The first-order valence-electron chi connectivity index (χ1n) is 6.99. The minimum Gasteiger partial charge on any atom is -0.397 e. The molecule has 1 aromatic heterocycles. The van der Waals surface area contributed by atoms with Gasteiger partial charge in [-0.2, -0.15) is 0 Å². The average molecular weight is 291 g/mol. The Bertz CT molecular complexity index is 832. The zero-order valence-corrected chi connectivity index (χ0v) is 12.3. The summed E-state index contributed by atoms with van der Waals surface area (Å²) in [5.74, 6) is -0.431. The van der Waals surface area contributed by atoms with E-state index in [0.717, 1.165) is 16.8 Å². The molecule has 4 nitrogen and oxygen atoms in total. The van der Waals surface area contributed by atoms with Gasteiger partial charge in [0.2, 0.25) is 5.91 Å². The summed E-state index contributed by atoms with van der Waals surface area (Å²) in [6.07, 6.45) is 3.86. The zero-order valence-electron chi connectivity index (χ0n) is 12.3. The van der Waals surface area contributed by atoms with Crippen molar-refractivity contribution in [2.75, 3.05) is 5.73 Å². The number of rotatable bonds is 3. The van der Waals surface area contributed by atoms with Crippen molar-refractivity contribution in [1.29, 1.82) is 0 Å². The first-order valence-corrected chi connectivity index (χ1v) is 6.99. The predicted molar refractivity (Wildman–Crippen MR) is 88.9 cm³/mol. The Kier molecular flexibility index (Phi) is 3.43. The molecule has 110 valence electrons. The van der Waals surface area contributed by atoms with Crippen molar-refractivity contribution in [1.82, 2.24) is 4.57 Å². The lowest BCUT2D eigenvalue weighted by Gasteiger charge is -2.03. The van der Waals surface area contributed by atoms with Crippen LogP contribution in [0.25, 0.3) is 16.8 Å². The molecule has 0 unspecified atom stereocenters. The molecule has 4 heteroatoms. The predicted octanol–water partition coefficient (Wildman–Crippen LogP) is 3.13. The number of aryl methyl sites for hydroxylation is 1. The number of anilines is 1. The highest BCUT2D eigenvalue weighted by atomic mass is 16.1. The Morgan fingerprint density at radius 2 is 1.77 bits per heavy atom. The maximum Gasteiger partial charge on any atom is 0.248 e. The second kappa shape index (κ2) is 5.41. The maximum absolute atomic E-state index is 11.1. The largest absolute Gasteiger partial charge is 0.397 e. The van der Waals surface area contributed by atoms with E-state index in [-0.39, 0.29) is 0 Å². The van der Waals surface area contributed by atoms with Crippen LogP contribution >= 0.6 is 0 Å². The van der Waals surface area contributed by atoms with E-state index in [0.29, 0.717) is 11.3 Å². The van der Waals surface area contributed by atoms with Gasteiger partial charge in [-0.1, -0.05) is 29.8 Å². The minimum absolute atomic E-state index is 0.431. The minimum atomic E-state index is -0.431. The van der Waals surface area contributed by atoms with Gasteiger partial charge in [-0.05, 0) is 36.8 Å². The van der Waals surface area contributed by atoms with Gasteiger partial charge in [0.1, 0.15) is 0 Å². The first-order chi connectivity index (χ1) is 10.5. The van der Waals surface area contributed by atoms with Crippen LogP contribution in [0.3, 0.4) is 0 Å². The number of aromatic nitrogens is 1. The molecule has 0 radical (unpaired) electrons. The summed E-state index contributed by atoms with van der Waals surface area (Å²) in [5.41, 5.74) is 16.8. The van der Waals surface area contributed by atoms with E-state index < -0.39 is 5.91 Å². The van der Waals surface area contributed by atoms with Crippen molar-refractivity contribution < 1.29 is 4.79 Å². The van der Waals surface area contributed by atoms with Gasteiger partial charge in [-0.15, -0.1) is 0 Å². The molecule has 4 N–H and O–H groups in total. The first kappa shape index (κ1) is 13.9. The summed E-state index contributed by atoms with van der Waals surface area (Å²) in [6, 6.07) is 15.3. The Labute approximate surface area is 129 Å². The van der Waals surface area contributed by atoms with Gasteiger partial charge in [0, 0.05) is 29.2 Å². The highest BCUT2D eigenvalue weighted by Crippen LogP contribution is 2.29. The van der Waals surface area contributed by atoms with Gasteiger partial charge in [0.15, 0.2) is 0 Å². The molecule has 0 saturated carbocycles. The van der Waals surface area contributed by atoms with E-state index in [4.69, 9.17) is 11.5 Å². The van der Waals surface area contributed by atoms with Crippen LogP contribution in [0.4, 0.5) is 5.69 Å². The Hall–Kier alpha value is -3.01. The van der Waals surface area contributed by atoms with Crippen molar-refractivity contribution in [3.05, 3.63) is 72.1 Å². The third-order valence-corrected chi connectivity index (χ3v) is 3.64. The second-order valence-corrected chi connectivity index (χ2v) is 5.32. The normalized spacial score (nSPS) is 10.6. The molecule has 0 atom stereocenters. The molecule has 0 aliphatic carbocycles. The van der Waals surface area contributed by atoms with E-state index in [2.05, 4.69) is 19.1 Å². The fourth-order valence-corrected chi connectivity index (χ4v) is 2.47. The van der Waals surface area contributed by atoms with E-state index in [1.54, 1.807) is 12.1 Å². The summed E-state index contributed by atoms with van der Waals surface area (Å²) in [6.45, 7) is 2.05. The van der Waals surface area contributed by atoms with Crippen LogP contribution < -0.4 is 11.5 Å². The van der Waals surface area contributed by atoms with Crippen molar-refractivity contribution >= 4 is 11.6 Å². The second-order valence-electron chi connectivity index (χ2n) is 5.32. The van der Waals surface area contributed by atoms with E-state index in [1.807, 2.05) is 41.2 Å². The van der Waals surface area contributed by atoms with Crippen LogP contribution in [0.15, 0.2) is 60.9 Å². The number of nitrogens with zero attached hydrogens (tertiary/aromatic N) is 1. The fourth-order valence-electron chi connectivity index (χ4n) is 2.47. The van der Waals surface area contributed by atoms with Gasteiger partial charge in [-0.3, -0.25) is 4.79 Å². The van der Waals surface area contributed by atoms with Crippen LogP contribution in [-0.4, -0.2) is 10.5 Å². The topological polar surface area (TPSA) is 74.0 Å². The fraction of sp³-hybridized carbons (Fsp3) is 0.0556. The molecule has 0 aliphatic heterocycles. The number of hydrogen-bond donors (Lipinski definition) is 2. The number of nitrogen functional groups attached to an aromatic ring is 1.